The van der Waals surface area contributed by atoms with E-state index < -0.39 is 0 Å². The number of amides is 1. The molecule has 128 valence electrons. The Balaban J connectivity index is 1.52. The van der Waals surface area contributed by atoms with Crippen LogP contribution in [0.25, 0.3) is 0 Å². The standard InChI is InChI=1S/C18H14ClFN2OS2/c19-13-2-1-3-15(8-13)21-17(23)9-16-11-25-18(22-16)24-10-12-4-6-14(20)7-5-12/h1-8,11H,9-10H2,(H,21,23). The Hall–Kier alpha value is -1.89. The summed E-state index contributed by atoms with van der Waals surface area (Å²) in [6.07, 6.45) is 0.208. The molecule has 1 aromatic heterocycles. The van der Waals surface area contributed by atoms with Crippen molar-refractivity contribution in [2.24, 2.45) is 0 Å². The fourth-order valence-electron chi connectivity index (χ4n) is 2.10. The van der Waals surface area contributed by atoms with Crippen LogP contribution in [0.3, 0.4) is 0 Å². The van der Waals surface area contributed by atoms with Gasteiger partial charge in [0.05, 0.1) is 12.1 Å². The van der Waals surface area contributed by atoms with Crippen LogP contribution in [0.2, 0.25) is 5.02 Å². The van der Waals surface area contributed by atoms with Crippen LogP contribution in [-0.4, -0.2) is 10.9 Å². The molecule has 3 aromatic rings. The third kappa shape index (κ3) is 5.56. The molecule has 0 saturated heterocycles. The molecule has 0 aliphatic carbocycles. The first kappa shape index (κ1) is 17.9. The van der Waals surface area contributed by atoms with Crippen molar-refractivity contribution in [1.29, 1.82) is 0 Å². The minimum absolute atomic E-state index is 0.136. The van der Waals surface area contributed by atoms with E-state index >= 15 is 0 Å². The summed E-state index contributed by atoms with van der Waals surface area (Å²) >= 11 is 8.97. The van der Waals surface area contributed by atoms with Crippen molar-refractivity contribution in [1.82, 2.24) is 4.98 Å². The third-order valence-electron chi connectivity index (χ3n) is 3.26. The maximum absolute atomic E-state index is 12.9. The maximum atomic E-state index is 12.9. The molecule has 2 aromatic carbocycles. The smallest absolute Gasteiger partial charge is 0.230 e. The highest BCUT2D eigenvalue weighted by atomic mass is 35.5. The van der Waals surface area contributed by atoms with Gasteiger partial charge < -0.3 is 5.32 Å². The summed E-state index contributed by atoms with van der Waals surface area (Å²) in [5.74, 6) is 0.334. The van der Waals surface area contributed by atoms with Crippen molar-refractivity contribution in [2.45, 2.75) is 16.5 Å². The van der Waals surface area contributed by atoms with E-state index in [-0.39, 0.29) is 18.1 Å². The third-order valence-corrected chi connectivity index (χ3v) is 5.63. The molecule has 1 N–H and O–H groups in total. The van der Waals surface area contributed by atoms with Gasteiger partial charge in [0, 0.05) is 21.8 Å². The zero-order valence-corrected chi connectivity index (χ0v) is 15.4. The Labute approximate surface area is 158 Å². The molecule has 3 rings (SSSR count). The molecule has 0 atom stereocenters. The van der Waals surface area contributed by atoms with Crippen molar-refractivity contribution < 1.29 is 9.18 Å². The van der Waals surface area contributed by atoms with E-state index in [9.17, 15) is 9.18 Å². The minimum atomic E-state index is -0.240. The summed E-state index contributed by atoms with van der Waals surface area (Å²) in [5.41, 5.74) is 2.42. The van der Waals surface area contributed by atoms with Crippen LogP contribution in [-0.2, 0) is 17.0 Å². The van der Waals surface area contributed by atoms with Crippen molar-refractivity contribution >= 4 is 46.3 Å². The lowest BCUT2D eigenvalue weighted by atomic mass is 10.2. The predicted octanol–water partition coefficient (Wildman–Crippen LogP) is 5.41. The van der Waals surface area contributed by atoms with Gasteiger partial charge in [-0.05, 0) is 35.9 Å². The number of nitrogens with one attached hydrogen (secondary N) is 1. The number of carbonyl (C=O) groups excluding carboxylic acids is 1. The Morgan fingerprint density at radius 1 is 1.24 bits per heavy atom. The number of nitrogens with zero attached hydrogens (tertiary/aromatic N) is 1. The molecule has 1 amide bonds. The molecule has 0 aliphatic rings. The van der Waals surface area contributed by atoms with E-state index in [0.29, 0.717) is 16.5 Å². The average molecular weight is 393 g/mol. The highest BCUT2D eigenvalue weighted by Crippen LogP contribution is 2.26. The lowest BCUT2D eigenvalue weighted by Crippen LogP contribution is -2.14. The molecule has 0 aliphatic heterocycles. The van der Waals surface area contributed by atoms with Crippen LogP contribution < -0.4 is 5.32 Å². The topological polar surface area (TPSA) is 42.0 Å². The number of benzene rings is 2. The van der Waals surface area contributed by atoms with Gasteiger partial charge in [-0.1, -0.05) is 41.6 Å². The zero-order valence-electron chi connectivity index (χ0n) is 13.0. The maximum Gasteiger partial charge on any atom is 0.230 e. The van der Waals surface area contributed by atoms with E-state index in [2.05, 4.69) is 10.3 Å². The number of anilines is 1. The quantitative estimate of drug-likeness (QED) is 0.570. The molecule has 0 fully saturated rings. The molecular formula is C18H14ClFN2OS2. The van der Waals surface area contributed by atoms with Crippen molar-refractivity contribution in [3.05, 3.63) is 76.0 Å². The van der Waals surface area contributed by atoms with Crippen LogP contribution in [0.1, 0.15) is 11.3 Å². The van der Waals surface area contributed by atoms with Gasteiger partial charge in [0.15, 0.2) is 0 Å². The highest BCUT2D eigenvalue weighted by Gasteiger charge is 2.09. The van der Waals surface area contributed by atoms with E-state index in [0.717, 1.165) is 15.6 Å². The summed E-state index contributed by atoms with van der Waals surface area (Å²) in [6.45, 7) is 0. The molecule has 1 heterocycles. The Morgan fingerprint density at radius 2 is 2.04 bits per heavy atom. The largest absolute Gasteiger partial charge is 0.326 e. The van der Waals surface area contributed by atoms with Crippen LogP contribution in [0, 0.1) is 5.82 Å². The second-order valence-corrected chi connectivity index (χ2v) is 7.77. The van der Waals surface area contributed by atoms with Gasteiger partial charge in [0.25, 0.3) is 0 Å². The number of thioether (sulfide) groups is 1. The fourth-order valence-corrected chi connectivity index (χ4v) is 4.09. The first-order valence-electron chi connectivity index (χ1n) is 7.45. The fraction of sp³-hybridized carbons (Fsp3) is 0.111. The summed E-state index contributed by atoms with van der Waals surface area (Å²) in [4.78, 5) is 16.5. The van der Waals surface area contributed by atoms with Gasteiger partial charge >= 0.3 is 0 Å². The summed E-state index contributed by atoms with van der Waals surface area (Å²) < 4.78 is 13.8. The van der Waals surface area contributed by atoms with Crippen LogP contribution in [0.5, 0.6) is 0 Å². The van der Waals surface area contributed by atoms with Gasteiger partial charge in [-0.3, -0.25) is 4.79 Å². The average Bonchev–Trinajstić information content (AvgIpc) is 3.01. The summed E-state index contributed by atoms with van der Waals surface area (Å²) in [7, 11) is 0. The Morgan fingerprint density at radius 3 is 2.80 bits per heavy atom. The van der Waals surface area contributed by atoms with Gasteiger partial charge in [-0.25, -0.2) is 9.37 Å². The van der Waals surface area contributed by atoms with Crippen LogP contribution in [0.4, 0.5) is 10.1 Å². The van der Waals surface area contributed by atoms with Gasteiger partial charge in [-0.15, -0.1) is 11.3 Å². The lowest BCUT2D eigenvalue weighted by Gasteiger charge is -2.04. The molecule has 0 unspecified atom stereocenters. The normalized spacial score (nSPS) is 10.6. The molecule has 0 saturated carbocycles. The van der Waals surface area contributed by atoms with Gasteiger partial charge in [0.1, 0.15) is 10.2 Å². The predicted molar refractivity (Wildman–Crippen MR) is 102 cm³/mol. The van der Waals surface area contributed by atoms with Crippen LogP contribution >= 0.6 is 34.7 Å². The number of rotatable bonds is 6. The van der Waals surface area contributed by atoms with Gasteiger partial charge in [0.2, 0.25) is 5.91 Å². The number of hydrogen-bond donors (Lipinski definition) is 1. The van der Waals surface area contributed by atoms with Crippen molar-refractivity contribution in [3.63, 3.8) is 0 Å². The Kier molecular flexibility index (Phi) is 6.07. The second-order valence-electron chi connectivity index (χ2n) is 5.26. The molecule has 0 radical (unpaired) electrons. The second kappa shape index (κ2) is 8.47. The number of carbonyl (C=O) groups is 1. The number of thiazole rings is 1. The molecule has 7 heteroatoms. The molecule has 25 heavy (non-hydrogen) atoms. The van der Waals surface area contributed by atoms with Crippen molar-refractivity contribution in [3.8, 4) is 0 Å². The number of halogens is 2. The summed E-state index contributed by atoms with van der Waals surface area (Å²) in [5, 5.41) is 5.26. The Bertz CT molecular complexity index is 868. The molecule has 0 spiro atoms. The molecular weight excluding hydrogens is 379 g/mol. The highest BCUT2D eigenvalue weighted by molar-refractivity contribution is 8.00. The van der Waals surface area contributed by atoms with E-state index in [1.807, 2.05) is 5.38 Å². The zero-order chi connectivity index (χ0) is 17.6. The van der Waals surface area contributed by atoms with E-state index in [1.54, 1.807) is 48.2 Å². The van der Waals surface area contributed by atoms with E-state index in [4.69, 9.17) is 11.6 Å². The molecule has 3 nitrogen and oxygen atoms in total. The number of aromatic nitrogens is 1. The van der Waals surface area contributed by atoms with Gasteiger partial charge in [-0.2, -0.15) is 0 Å². The summed E-state index contributed by atoms with van der Waals surface area (Å²) in [6, 6.07) is 13.4. The first-order valence-corrected chi connectivity index (χ1v) is 9.70. The monoisotopic (exact) mass is 392 g/mol. The van der Waals surface area contributed by atoms with Crippen molar-refractivity contribution in [2.75, 3.05) is 5.32 Å². The molecule has 0 bridgehead atoms. The van der Waals surface area contributed by atoms with E-state index in [1.165, 1.54) is 23.5 Å². The lowest BCUT2D eigenvalue weighted by molar-refractivity contribution is -0.115. The van der Waals surface area contributed by atoms with Crippen LogP contribution in [0.15, 0.2) is 58.3 Å². The number of hydrogen-bond acceptors (Lipinski definition) is 4. The minimum Gasteiger partial charge on any atom is -0.326 e. The SMILES string of the molecule is O=C(Cc1csc(SCc2ccc(F)cc2)n1)Nc1cccc(Cl)c1. The first-order chi connectivity index (χ1) is 12.1.